The van der Waals surface area contributed by atoms with E-state index in [0.717, 1.165) is 29.3 Å². The SMILES string of the molecule is O=C(O)C(NC1CC1)c1c[nH]c2ccccc12. The van der Waals surface area contributed by atoms with Crippen molar-refractivity contribution in [1.82, 2.24) is 10.3 Å². The molecule has 1 unspecified atom stereocenters. The highest BCUT2D eigenvalue weighted by Gasteiger charge is 2.30. The maximum atomic E-state index is 11.3. The highest BCUT2D eigenvalue weighted by molar-refractivity contribution is 5.89. The summed E-state index contributed by atoms with van der Waals surface area (Å²) in [5, 5.41) is 13.4. The Balaban J connectivity index is 2.01. The van der Waals surface area contributed by atoms with Crippen LogP contribution < -0.4 is 5.32 Å². The summed E-state index contributed by atoms with van der Waals surface area (Å²) in [6, 6.07) is 7.52. The van der Waals surface area contributed by atoms with Gasteiger partial charge in [0, 0.05) is 28.7 Å². The van der Waals surface area contributed by atoms with Crippen molar-refractivity contribution in [3.05, 3.63) is 36.0 Å². The fourth-order valence-electron chi connectivity index (χ4n) is 2.11. The maximum absolute atomic E-state index is 11.3. The Hall–Kier alpha value is -1.81. The van der Waals surface area contributed by atoms with E-state index in [0.29, 0.717) is 6.04 Å². The maximum Gasteiger partial charge on any atom is 0.325 e. The number of fused-ring (bicyclic) bond motifs is 1. The van der Waals surface area contributed by atoms with Gasteiger partial charge in [0.2, 0.25) is 0 Å². The van der Waals surface area contributed by atoms with Gasteiger partial charge in [0.1, 0.15) is 6.04 Å². The molecule has 0 radical (unpaired) electrons. The summed E-state index contributed by atoms with van der Waals surface area (Å²) in [6.07, 6.45) is 3.94. The number of hydrogen-bond donors (Lipinski definition) is 3. The number of benzene rings is 1. The fraction of sp³-hybridized carbons (Fsp3) is 0.308. The van der Waals surface area contributed by atoms with Crippen LogP contribution in [0.1, 0.15) is 24.4 Å². The molecule has 1 aliphatic carbocycles. The number of aromatic amines is 1. The van der Waals surface area contributed by atoms with Gasteiger partial charge in [-0.25, -0.2) is 0 Å². The van der Waals surface area contributed by atoms with Gasteiger partial charge in [0.15, 0.2) is 0 Å². The zero-order valence-electron chi connectivity index (χ0n) is 9.31. The Labute approximate surface area is 98.6 Å². The number of aliphatic carboxylic acids is 1. The molecule has 1 heterocycles. The standard InChI is InChI=1S/C13H14N2O2/c16-13(17)12(15-8-5-6-8)10-7-14-11-4-2-1-3-9(10)11/h1-4,7-8,12,14-15H,5-6H2,(H,16,17). The molecule has 0 spiro atoms. The molecule has 17 heavy (non-hydrogen) atoms. The number of para-hydroxylation sites is 1. The van der Waals surface area contributed by atoms with Crippen molar-refractivity contribution in [2.75, 3.05) is 0 Å². The number of carboxylic acids is 1. The molecule has 0 amide bonds. The average molecular weight is 230 g/mol. The molecule has 0 aliphatic heterocycles. The van der Waals surface area contributed by atoms with Crippen LogP contribution in [0.15, 0.2) is 30.5 Å². The lowest BCUT2D eigenvalue weighted by atomic mass is 10.1. The van der Waals surface area contributed by atoms with E-state index in [9.17, 15) is 9.90 Å². The summed E-state index contributed by atoms with van der Waals surface area (Å²) in [4.78, 5) is 14.4. The third-order valence-corrected chi connectivity index (χ3v) is 3.16. The Morgan fingerprint density at radius 2 is 2.18 bits per heavy atom. The number of carbonyl (C=O) groups is 1. The minimum absolute atomic E-state index is 0.366. The number of aromatic nitrogens is 1. The normalized spacial score (nSPS) is 17.2. The summed E-state index contributed by atoms with van der Waals surface area (Å²) in [7, 11) is 0. The lowest BCUT2D eigenvalue weighted by molar-refractivity contribution is -0.139. The first kappa shape index (κ1) is 10.4. The second-order valence-electron chi connectivity index (χ2n) is 4.50. The molecular formula is C13H14N2O2. The molecule has 1 aromatic heterocycles. The summed E-state index contributed by atoms with van der Waals surface area (Å²) >= 11 is 0. The molecule has 1 saturated carbocycles. The number of carboxylic acid groups (broad SMARTS) is 1. The van der Waals surface area contributed by atoms with Gasteiger partial charge < -0.3 is 10.1 Å². The van der Waals surface area contributed by atoms with Crippen LogP contribution in [0.5, 0.6) is 0 Å². The van der Waals surface area contributed by atoms with E-state index in [1.807, 2.05) is 24.3 Å². The molecule has 3 N–H and O–H groups in total. The van der Waals surface area contributed by atoms with Crippen LogP contribution >= 0.6 is 0 Å². The van der Waals surface area contributed by atoms with Crippen molar-refractivity contribution in [3.8, 4) is 0 Å². The van der Waals surface area contributed by atoms with E-state index < -0.39 is 12.0 Å². The van der Waals surface area contributed by atoms with Gasteiger partial charge in [-0.15, -0.1) is 0 Å². The number of hydrogen-bond acceptors (Lipinski definition) is 2. The lowest BCUT2D eigenvalue weighted by Crippen LogP contribution is -2.29. The van der Waals surface area contributed by atoms with E-state index in [2.05, 4.69) is 10.3 Å². The van der Waals surface area contributed by atoms with E-state index in [-0.39, 0.29) is 0 Å². The van der Waals surface area contributed by atoms with Gasteiger partial charge in [-0.1, -0.05) is 18.2 Å². The Bertz CT molecular complexity index is 557. The van der Waals surface area contributed by atoms with Crippen molar-refractivity contribution in [1.29, 1.82) is 0 Å². The van der Waals surface area contributed by atoms with Crippen LogP contribution in [0.4, 0.5) is 0 Å². The predicted octanol–water partition coefficient (Wildman–Crippen LogP) is 2.05. The van der Waals surface area contributed by atoms with Crippen molar-refractivity contribution >= 4 is 16.9 Å². The Kier molecular flexibility index (Phi) is 2.37. The highest BCUT2D eigenvalue weighted by atomic mass is 16.4. The molecule has 3 rings (SSSR count). The van der Waals surface area contributed by atoms with Crippen molar-refractivity contribution < 1.29 is 9.90 Å². The van der Waals surface area contributed by atoms with Crippen LogP contribution in [0.3, 0.4) is 0 Å². The molecule has 4 heteroatoms. The number of H-pyrrole nitrogens is 1. The third kappa shape index (κ3) is 1.91. The largest absolute Gasteiger partial charge is 0.480 e. The summed E-state index contributed by atoms with van der Waals surface area (Å²) in [5.41, 5.74) is 1.80. The van der Waals surface area contributed by atoms with Crippen LogP contribution in [-0.4, -0.2) is 22.1 Å². The van der Waals surface area contributed by atoms with Crippen LogP contribution in [0.2, 0.25) is 0 Å². The number of nitrogens with one attached hydrogen (secondary N) is 2. The first-order valence-electron chi connectivity index (χ1n) is 5.80. The van der Waals surface area contributed by atoms with Crippen molar-refractivity contribution in [3.63, 3.8) is 0 Å². The predicted molar refractivity (Wildman–Crippen MR) is 64.8 cm³/mol. The lowest BCUT2D eigenvalue weighted by Gasteiger charge is -2.13. The van der Waals surface area contributed by atoms with Gasteiger partial charge in [-0.05, 0) is 18.9 Å². The molecule has 1 atom stereocenters. The van der Waals surface area contributed by atoms with Gasteiger partial charge in [-0.3, -0.25) is 10.1 Å². The molecule has 0 saturated heterocycles. The molecule has 1 fully saturated rings. The smallest absolute Gasteiger partial charge is 0.325 e. The third-order valence-electron chi connectivity index (χ3n) is 3.16. The van der Waals surface area contributed by atoms with E-state index in [1.54, 1.807) is 6.20 Å². The monoisotopic (exact) mass is 230 g/mol. The highest BCUT2D eigenvalue weighted by Crippen LogP contribution is 2.28. The van der Waals surface area contributed by atoms with E-state index in [1.165, 1.54) is 0 Å². The van der Waals surface area contributed by atoms with E-state index >= 15 is 0 Å². The Morgan fingerprint density at radius 3 is 2.88 bits per heavy atom. The first-order chi connectivity index (χ1) is 8.25. The minimum atomic E-state index is -0.818. The van der Waals surface area contributed by atoms with Crippen LogP contribution in [0.25, 0.3) is 10.9 Å². The van der Waals surface area contributed by atoms with E-state index in [4.69, 9.17) is 0 Å². The molecule has 88 valence electrons. The molecule has 2 aromatic rings. The van der Waals surface area contributed by atoms with Crippen molar-refractivity contribution in [2.45, 2.75) is 24.9 Å². The topological polar surface area (TPSA) is 65.1 Å². The van der Waals surface area contributed by atoms with Gasteiger partial charge in [0.05, 0.1) is 0 Å². The van der Waals surface area contributed by atoms with Gasteiger partial charge in [-0.2, -0.15) is 0 Å². The van der Waals surface area contributed by atoms with Crippen LogP contribution in [0, 0.1) is 0 Å². The van der Waals surface area contributed by atoms with Gasteiger partial charge in [0.25, 0.3) is 0 Å². The zero-order chi connectivity index (χ0) is 11.8. The first-order valence-corrected chi connectivity index (χ1v) is 5.80. The second kappa shape index (κ2) is 3.89. The van der Waals surface area contributed by atoms with Gasteiger partial charge >= 0.3 is 5.97 Å². The molecule has 4 nitrogen and oxygen atoms in total. The zero-order valence-corrected chi connectivity index (χ0v) is 9.31. The Morgan fingerprint density at radius 1 is 1.41 bits per heavy atom. The minimum Gasteiger partial charge on any atom is -0.480 e. The molecular weight excluding hydrogens is 216 g/mol. The molecule has 1 aromatic carbocycles. The molecule has 1 aliphatic rings. The average Bonchev–Trinajstić information content (AvgIpc) is 3.05. The van der Waals surface area contributed by atoms with Crippen LogP contribution in [-0.2, 0) is 4.79 Å². The summed E-state index contributed by atoms with van der Waals surface area (Å²) < 4.78 is 0. The summed E-state index contributed by atoms with van der Waals surface area (Å²) in [6.45, 7) is 0. The number of rotatable bonds is 4. The summed E-state index contributed by atoms with van der Waals surface area (Å²) in [5.74, 6) is -0.818. The fourth-order valence-corrected chi connectivity index (χ4v) is 2.11. The quantitative estimate of drug-likeness (QED) is 0.753. The second-order valence-corrected chi connectivity index (χ2v) is 4.50. The molecule has 0 bridgehead atoms. The van der Waals surface area contributed by atoms with Crippen molar-refractivity contribution in [2.24, 2.45) is 0 Å².